The molecular formula is C23H16F2N2O3. The number of amides is 3. The Labute approximate surface area is 170 Å². The van der Waals surface area contributed by atoms with E-state index in [-0.39, 0.29) is 22.4 Å². The SMILES string of the molecule is Cc1ccc(C)c(N2C(=O)c3ccc(C(=O)Nc4cc(F)cc(F)c4)cc3C2=O)c1. The van der Waals surface area contributed by atoms with Gasteiger partial charge in [0.2, 0.25) is 0 Å². The van der Waals surface area contributed by atoms with E-state index in [0.29, 0.717) is 11.8 Å². The van der Waals surface area contributed by atoms with Crippen molar-refractivity contribution < 1.29 is 23.2 Å². The third-order valence-electron chi connectivity index (χ3n) is 4.87. The van der Waals surface area contributed by atoms with Gasteiger partial charge in [0.1, 0.15) is 11.6 Å². The molecule has 30 heavy (non-hydrogen) atoms. The number of benzene rings is 3. The number of carbonyl (C=O) groups is 3. The maximum Gasteiger partial charge on any atom is 0.266 e. The molecule has 3 amide bonds. The second kappa shape index (κ2) is 7.18. The third kappa shape index (κ3) is 3.34. The van der Waals surface area contributed by atoms with E-state index in [9.17, 15) is 23.2 Å². The van der Waals surface area contributed by atoms with E-state index in [2.05, 4.69) is 5.32 Å². The normalized spacial score (nSPS) is 12.9. The van der Waals surface area contributed by atoms with Crippen LogP contribution in [0.3, 0.4) is 0 Å². The molecule has 0 radical (unpaired) electrons. The largest absolute Gasteiger partial charge is 0.322 e. The molecule has 4 rings (SSSR count). The lowest BCUT2D eigenvalue weighted by atomic mass is 10.1. The van der Waals surface area contributed by atoms with Crippen LogP contribution in [0.15, 0.2) is 54.6 Å². The number of nitrogens with one attached hydrogen (secondary N) is 1. The van der Waals surface area contributed by atoms with Crippen molar-refractivity contribution in [3.05, 3.63) is 94.0 Å². The van der Waals surface area contributed by atoms with Crippen LogP contribution in [0, 0.1) is 25.5 Å². The van der Waals surface area contributed by atoms with E-state index < -0.39 is 29.4 Å². The Balaban J connectivity index is 1.66. The minimum absolute atomic E-state index is 0.0580. The molecular weight excluding hydrogens is 390 g/mol. The standard InChI is InChI=1S/C23H16F2N2O3/c1-12-3-4-13(2)20(7-12)27-22(29)18-6-5-14(8-19(18)23(27)30)21(28)26-17-10-15(24)9-16(25)11-17/h3-11H,1-2H3,(H,26,28). The van der Waals surface area contributed by atoms with E-state index in [4.69, 9.17) is 0 Å². The number of hydrogen-bond acceptors (Lipinski definition) is 3. The monoisotopic (exact) mass is 406 g/mol. The molecule has 0 unspecified atom stereocenters. The number of halogens is 2. The number of anilines is 2. The summed E-state index contributed by atoms with van der Waals surface area (Å²) in [6.07, 6.45) is 0. The summed E-state index contributed by atoms with van der Waals surface area (Å²) in [5.74, 6) is -3.32. The van der Waals surface area contributed by atoms with Crippen LogP contribution in [-0.4, -0.2) is 17.7 Å². The van der Waals surface area contributed by atoms with Gasteiger partial charge in [0, 0.05) is 17.3 Å². The van der Waals surface area contributed by atoms with E-state index in [1.165, 1.54) is 18.2 Å². The van der Waals surface area contributed by atoms with Crippen molar-refractivity contribution in [2.24, 2.45) is 0 Å². The van der Waals surface area contributed by atoms with Crippen molar-refractivity contribution in [2.45, 2.75) is 13.8 Å². The molecule has 0 aliphatic carbocycles. The van der Waals surface area contributed by atoms with Gasteiger partial charge in [0.25, 0.3) is 17.7 Å². The molecule has 7 heteroatoms. The Hall–Kier alpha value is -3.87. The highest BCUT2D eigenvalue weighted by Gasteiger charge is 2.37. The topological polar surface area (TPSA) is 66.5 Å². The van der Waals surface area contributed by atoms with Gasteiger partial charge in [-0.05, 0) is 61.4 Å². The summed E-state index contributed by atoms with van der Waals surface area (Å²) in [4.78, 5) is 39.4. The van der Waals surface area contributed by atoms with Gasteiger partial charge in [-0.15, -0.1) is 0 Å². The Morgan fingerprint density at radius 2 is 1.50 bits per heavy atom. The predicted octanol–water partition coefficient (Wildman–Crippen LogP) is 4.63. The number of carbonyl (C=O) groups excluding carboxylic acids is 3. The highest BCUT2D eigenvalue weighted by molar-refractivity contribution is 6.35. The summed E-state index contributed by atoms with van der Waals surface area (Å²) in [6.45, 7) is 3.66. The Bertz CT molecular complexity index is 1220. The minimum atomic E-state index is -0.829. The van der Waals surface area contributed by atoms with Crippen LogP contribution < -0.4 is 10.2 Å². The van der Waals surface area contributed by atoms with Crippen molar-refractivity contribution in [1.82, 2.24) is 0 Å². The molecule has 3 aromatic carbocycles. The summed E-state index contributed by atoms with van der Waals surface area (Å²) in [5, 5.41) is 2.39. The second-order valence-corrected chi connectivity index (χ2v) is 7.11. The number of rotatable bonds is 3. The first-order chi connectivity index (χ1) is 14.2. The van der Waals surface area contributed by atoms with Crippen molar-refractivity contribution in [2.75, 3.05) is 10.2 Å². The maximum absolute atomic E-state index is 13.3. The van der Waals surface area contributed by atoms with Gasteiger partial charge in [0.15, 0.2) is 0 Å². The van der Waals surface area contributed by atoms with Crippen LogP contribution in [0.25, 0.3) is 0 Å². The van der Waals surface area contributed by atoms with Crippen molar-refractivity contribution in [3.63, 3.8) is 0 Å². The van der Waals surface area contributed by atoms with Crippen molar-refractivity contribution in [3.8, 4) is 0 Å². The molecule has 1 N–H and O–H groups in total. The average Bonchev–Trinajstić information content (AvgIpc) is 2.93. The Kier molecular flexibility index (Phi) is 4.66. The Morgan fingerprint density at radius 1 is 0.833 bits per heavy atom. The van der Waals surface area contributed by atoms with E-state index >= 15 is 0 Å². The van der Waals surface area contributed by atoms with Crippen LogP contribution in [0.4, 0.5) is 20.2 Å². The molecule has 5 nitrogen and oxygen atoms in total. The quantitative estimate of drug-likeness (QED) is 0.645. The van der Waals surface area contributed by atoms with Gasteiger partial charge >= 0.3 is 0 Å². The molecule has 1 aliphatic heterocycles. The van der Waals surface area contributed by atoms with Crippen LogP contribution in [0.2, 0.25) is 0 Å². The molecule has 0 saturated carbocycles. The van der Waals surface area contributed by atoms with E-state index in [1.54, 1.807) is 13.0 Å². The summed E-state index contributed by atoms with van der Waals surface area (Å²) < 4.78 is 26.7. The van der Waals surface area contributed by atoms with Crippen LogP contribution in [-0.2, 0) is 0 Å². The minimum Gasteiger partial charge on any atom is -0.322 e. The smallest absolute Gasteiger partial charge is 0.266 e. The van der Waals surface area contributed by atoms with Crippen LogP contribution in [0.1, 0.15) is 42.2 Å². The second-order valence-electron chi connectivity index (χ2n) is 7.11. The first-order valence-corrected chi connectivity index (χ1v) is 9.12. The molecule has 0 aromatic heterocycles. The highest BCUT2D eigenvalue weighted by Crippen LogP contribution is 2.32. The maximum atomic E-state index is 13.3. The molecule has 1 aliphatic rings. The number of nitrogens with zero attached hydrogens (tertiary/aromatic N) is 1. The third-order valence-corrected chi connectivity index (χ3v) is 4.87. The molecule has 0 spiro atoms. The number of fused-ring (bicyclic) bond motifs is 1. The fourth-order valence-electron chi connectivity index (χ4n) is 3.39. The first-order valence-electron chi connectivity index (χ1n) is 9.12. The number of hydrogen-bond donors (Lipinski definition) is 1. The fourth-order valence-corrected chi connectivity index (χ4v) is 3.39. The van der Waals surface area contributed by atoms with Gasteiger partial charge in [-0.25, -0.2) is 13.7 Å². The average molecular weight is 406 g/mol. The summed E-state index contributed by atoms with van der Waals surface area (Å²) in [7, 11) is 0. The van der Waals surface area contributed by atoms with Crippen molar-refractivity contribution >= 4 is 29.1 Å². The molecule has 150 valence electrons. The summed E-state index contributed by atoms with van der Waals surface area (Å²) >= 11 is 0. The lowest BCUT2D eigenvalue weighted by Crippen LogP contribution is -2.30. The van der Waals surface area contributed by atoms with Crippen molar-refractivity contribution in [1.29, 1.82) is 0 Å². The molecule has 3 aromatic rings. The highest BCUT2D eigenvalue weighted by atomic mass is 19.1. The molecule has 0 saturated heterocycles. The number of aryl methyl sites for hydroxylation is 2. The van der Waals surface area contributed by atoms with Gasteiger partial charge in [0.05, 0.1) is 16.8 Å². The lowest BCUT2D eigenvalue weighted by Gasteiger charge is -2.17. The number of imide groups is 1. The van der Waals surface area contributed by atoms with Crippen LogP contribution in [0.5, 0.6) is 0 Å². The molecule has 0 atom stereocenters. The lowest BCUT2D eigenvalue weighted by molar-refractivity contribution is 0.0925. The van der Waals surface area contributed by atoms with Gasteiger partial charge in [-0.2, -0.15) is 0 Å². The summed E-state index contributed by atoms with van der Waals surface area (Å²) in [6, 6.07) is 12.2. The zero-order valence-corrected chi connectivity index (χ0v) is 16.1. The van der Waals surface area contributed by atoms with E-state index in [0.717, 1.165) is 28.2 Å². The zero-order valence-electron chi connectivity index (χ0n) is 16.1. The predicted molar refractivity (Wildman–Crippen MR) is 108 cm³/mol. The Morgan fingerprint density at radius 3 is 2.20 bits per heavy atom. The molecule has 0 bridgehead atoms. The van der Waals surface area contributed by atoms with Crippen LogP contribution >= 0.6 is 0 Å². The van der Waals surface area contributed by atoms with Gasteiger partial charge in [-0.1, -0.05) is 12.1 Å². The molecule has 0 fully saturated rings. The van der Waals surface area contributed by atoms with E-state index in [1.807, 2.05) is 19.1 Å². The van der Waals surface area contributed by atoms with Gasteiger partial charge in [-0.3, -0.25) is 14.4 Å². The zero-order chi connectivity index (χ0) is 21.6. The first kappa shape index (κ1) is 19.4. The molecule has 1 heterocycles. The fraction of sp³-hybridized carbons (Fsp3) is 0.0870. The van der Waals surface area contributed by atoms with Gasteiger partial charge < -0.3 is 5.32 Å². The summed E-state index contributed by atoms with van der Waals surface area (Å²) in [5.41, 5.74) is 2.46.